The summed E-state index contributed by atoms with van der Waals surface area (Å²) < 4.78 is 26.8. The van der Waals surface area contributed by atoms with Crippen molar-refractivity contribution in [3.8, 4) is 6.07 Å². The molecule has 2 heterocycles. The van der Waals surface area contributed by atoms with Gasteiger partial charge in [0, 0.05) is 26.2 Å². The minimum atomic E-state index is -3.58. The first-order chi connectivity index (χ1) is 8.45. The van der Waals surface area contributed by atoms with Gasteiger partial charge in [0.15, 0.2) is 0 Å². The molecule has 0 aromatic rings. The highest BCUT2D eigenvalue weighted by Gasteiger charge is 2.41. The topological polar surface area (TPSA) is 102 Å². The van der Waals surface area contributed by atoms with Gasteiger partial charge in [0.25, 0.3) is 10.2 Å². The number of nitrogens with zero attached hydrogens (tertiary/aromatic N) is 3. The van der Waals surface area contributed by atoms with Crippen molar-refractivity contribution < 1.29 is 18.3 Å². The lowest BCUT2D eigenvalue weighted by atomic mass is 10.0. The number of hydrogen-bond donors (Lipinski definition) is 1. The zero-order chi connectivity index (χ0) is 13.3. The molecule has 0 saturated carbocycles. The van der Waals surface area contributed by atoms with Crippen molar-refractivity contribution in [2.45, 2.75) is 12.8 Å². The fraction of sp³-hybridized carbons (Fsp3) is 0.800. The average molecular weight is 273 g/mol. The summed E-state index contributed by atoms with van der Waals surface area (Å²) in [5, 5.41) is 17.6. The number of hydrogen-bond acceptors (Lipinski definition) is 4. The molecule has 18 heavy (non-hydrogen) atoms. The number of carboxylic acids is 1. The van der Waals surface area contributed by atoms with Gasteiger partial charge >= 0.3 is 5.97 Å². The van der Waals surface area contributed by atoms with E-state index in [2.05, 4.69) is 0 Å². The van der Waals surface area contributed by atoms with E-state index in [0.717, 1.165) is 0 Å². The van der Waals surface area contributed by atoms with Crippen molar-refractivity contribution in [2.75, 3.05) is 26.2 Å². The van der Waals surface area contributed by atoms with Crippen molar-refractivity contribution in [2.24, 2.45) is 11.8 Å². The number of rotatable bonds is 3. The second-order valence-corrected chi connectivity index (χ2v) is 6.61. The van der Waals surface area contributed by atoms with E-state index in [1.807, 2.05) is 6.07 Å². The Kier molecular flexibility index (Phi) is 3.56. The first-order valence-electron chi connectivity index (χ1n) is 5.83. The molecule has 7 nitrogen and oxygen atoms in total. The van der Waals surface area contributed by atoms with Gasteiger partial charge in [-0.05, 0) is 12.8 Å². The van der Waals surface area contributed by atoms with E-state index in [-0.39, 0.29) is 25.6 Å². The quantitative estimate of drug-likeness (QED) is 0.745. The van der Waals surface area contributed by atoms with E-state index in [0.29, 0.717) is 19.4 Å². The second kappa shape index (κ2) is 4.84. The smallest absolute Gasteiger partial charge is 0.307 e. The zero-order valence-electron chi connectivity index (χ0n) is 9.82. The molecule has 1 atom stereocenters. The van der Waals surface area contributed by atoms with Crippen LogP contribution in [0.15, 0.2) is 0 Å². The molecule has 0 bridgehead atoms. The Labute approximate surface area is 106 Å². The first kappa shape index (κ1) is 13.3. The van der Waals surface area contributed by atoms with E-state index in [9.17, 15) is 13.2 Å². The highest BCUT2D eigenvalue weighted by Crippen LogP contribution is 2.26. The molecule has 0 aliphatic carbocycles. The monoisotopic (exact) mass is 273 g/mol. The normalized spacial score (nSPS) is 27.4. The van der Waals surface area contributed by atoms with Crippen molar-refractivity contribution in [3.63, 3.8) is 0 Å². The molecule has 0 radical (unpaired) electrons. The Hall–Kier alpha value is -1.17. The molecule has 0 unspecified atom stereocenters. The lowest BCUT2D eigenvalue weighted by Crippen LogP contribution is -2.56. The number of nitriles is 1. The Morgan fingerprint density at radius 1 is 1.28 bits per heavy atom. The van der Waals surface area contributed by atoms with Crippen LogP contribution >= 0.6 is 0 Å². The number of carboxylic acid groups (broad SMARTS) is 1. The van der Waals surface area contributed by atoms with Gasteiger partial charge < -0.3 is 5.11 Å². The van der Waals surface area contributed by atoms with E-state index in [1.165, 1.54) is 8.61 Å². The van der Waals surface area contributed by atoms with Crippen LogP contribution in [0.3, 0.4) is 0 Å². The summed E-state index contributed by atoms with van der Waals surface area (Å²) in [4.78, 5) is 10.9. The van der Waals surface area contributed by atoms with Crippen LogP contribution in [-0.4, -0.2) is 54.3 Å². The summed E-state index contributed by atoms with van der Waals surface area (Å²) in [6.07, 6.45) is 1.08. The lowest BCUT2D eigenvalue weighted by molar-refractivity contribution is -0.142. The highest BCUT2D eigenvalue weighted by atomic mass is 32.2. The van der Waals surface area contributed by atoms with Gasteiger partial charge in [-0.1, -0.05) is 0 Å². The van der Waals surface area contributed by atoms with Crippen molar-refractivity contribution in [3.05, 3.63) is 0 Å². The minimum absolute atomic E-state index is 0.0331. The standard InChI is InChI=1S/C10H15N3O4S/c11-4-8-5-13(6-8)18(16,17)12-3-1-2-9(7-12)10(14)15/h8-9H,1-3,5-7H2,(H,14,15)/t9-/m0/s1. The zero-order valence-corrected chi connectivity index (χ0v) is 10.6. The maximum Gasteiger partial charge on any atom is 0.307 e. The van der Waals surface area contributed by atoms with Crippen molar-refractivity contribution >= 4 is 16.2 Å². The van der Waals surface area contributed by atoms with Gasteiger partial charge in [-0.3, -0.25) is 4.79 Å². The SMILES string of the molecule is N#CC1CN(S(=O)(=O)N2CCC[C@H](C(=O)O)C2)C1. The Balaban J connectivity index is 2.02. The Bertz CT molecular complexity index is 478. The van der Waals surface area contributed by atoms with Crippen molar-refractivity contribution in [1.82, 2.24) is 8.61 Å². The second-order valence-electron chi connectivity index (χ2n) is 4.69. The first-order valence-corrected chi connectivity index (χ1v) is 7.22. The summed E-state index contributed by atoms with van der Waals surface area (Å²) in [5.41, 5.74) is 0. The van der Waals surface area contributed by atoms with Crippen LogP contribution in [0.1, 0.15) is 12.8 Å². The third kappa shape index (κ3) is 2.34. The maximum atomic E-state index is 12.1. The lowest BCUT2D eigenvalue weighted by Gasteiger charge is -2.39. The summed E-state index contributed by atoms with van der Waals surface area (Å²) in [6, 6.07) is 2.01. The molecule has 0 spiro atoms. The van der Waals surface area contributed by atoms with E-state index in [4.69, 9.17) is 10.4 Å². The Morgan fingerprint density at radius 2 is 1.94 bits per heavy atom. The predicted molar refractivity (Wildman–Crippen MR) is 61.5 cm³/mol. The molecule has 2 fully saturated rings. The van der Waals surface area contributed by atoms with Crippen LogP contribution in [0.4, 0.5) is 0 Å². The van der Waals surface area contributed by atoms with E-state index >= 15 is 0 Å². The van der Waals surface area contributed by atoms with Crippen LogP contribution in [0.5, 0.6) is 0 Å². The molecule has 2 aliphatic rings. The molecule has 2 aliphatic heterocycles. The molecule has 100 valence electrons. The van der Waals surface area contributed by atoms with Crippen molar-refractivity contribution in [1.29, 1.82) is 5.26 Å². The summed E-state index contributed by atoms with van der Waals surface area (Å²) in [6.45, 7) is 0.825. The summed E-state index contributed by atoms with van der Waals surface area (Å²) in [7, 11) is -3.58. The van der Waals surface area contributed by atoms with Gasteiger partial charge in [0.1, 0.15) is 0 Å². The van der Waals surface area contributed by atoms with E-state index < -0.39 is 22.1 Å². The summed E-state index contributed by atoms with van der Waals surface area (Å²) >= 11 is 0. The van der Waals surface area contributed by atoms with Crippen LogP contribution in [0.25, 0.3) is 0 Å². The molecule has 1 N–H and O–H groups in total. The third-order valence-electron chi connectivity index (χ3n) is 3.42. The summed E-state index contributed by atoms with van der Waals surface area (Å²) in [5.74, 6) is -1.81. The van der Waals surface area contributed by atoms with Gasteiger partial charge in [0.2, 0.25) is 0 Å². The fourth-order valence-corrected chi connectivity index (χ4v) is 4.02. The molecule has 0 amide bonds. The van der Waals surface area contributed by atoms with Crippen LogP contribution in [0.2, 0.25) is 0 Å². The maximum absolute atomic E-state index is 12.1. The Morgan fingerprint density at radius 3 is 2.50 bits per heavy atom. The molecule has 2 rings (SSSR count). The molecular formula is C10H15N3O4S. The van der Waals surface area contributed by atoms with Crippen LogP contribution < -0.4 is 0 Å². The van der Waals surface area contributed by atoms with Gasteiger partial charge in [-0.15, -0.1) is 0 Å². The third-order valence-corrected chi connectivity index (χ3v) is 5.35. The number of aliphatic carboxylic acids is 1. The molecule has 0 aromatic heterocycles. The average Bonchev–Trinajstić information content (AvgIpc) is 2.27. The van der Waals surface area contributed by atoms with Crippen LogP contribution in [0, 0.1) is 23.2 Å². The highest BCUT2D eigenvalue weighted by molar-refractivity contribution is 7.86. The van der Waals surface area contributed by atoms with Gasteiger partial charge in [0.05, 0.1) is 17.9 Å². The largest absolute Gasteiger partial charge is 0.481 e. The number of carbonyl (C=O) groups is 1. The fourth-order valence-electron chi connectivity index (χ4n) is 2.23. The van der Waals surface area contributed by atoms with Gasteiger partial charge in [-0.2, -0.15) is 22.3 Å². The number of piperidine rings is 1. The molecule has 2 saturated heterocycles. The molecule has 8 heteroatoms. The molecule has 0 aromatic carbocycles. The van der Waals surface area contributed by atoms with Crippen LogP contribution in [-0.2, 0) is 15.0 Å². The predicted octanol–water partition coefficient (Wildman–Crippen LogP) is -0.517. The molecular weight excluding hydrogens is 258 g/mol. The minimum Gasteiger partial charge on any atom is -0.481 e. The van der Waals surface area contributed by atoms with Gasteiger partial charge in [-0.25, -0.2) is 0 Å². The van der Waals surface area contributed by atoms with E-state index in [1.54, 1.807) is 0 Å².